The number of hydrogen-bond donors (Lipinski definition) is 3. The van der Waals surface area contributed by atoms with Crippen molar-refractivity contribution in [2.45, 2.75) is 32.4 Å². The van der Waals surface area contributed by atoms with Gasteiger partial charge in [-0.15, -0.1) is 0 Å². The van der Waals surface area contributed by atoms with Gasteiger partial charge in [-0.05, 0) is 25.3 Å². The van der Waals surface area contributed by atoms with Crippen molar-refractivity contribution in [1.29, 1.82) is 0 Å². The maximum Gasteiger partial charge on any atom is 0.314 e. The number of amides is 2. The van der Waals surface area contributed by atoms with Crippen LogP contribution >= 0.6 is 0 Å². The lowest BCUT2D eigenvalue weighted by atomic mass is 10.1. The van der Waals surface area contributed by atoms with Gasteiger partial charge >= 0.3 is 6.03 Å². The minimum atomic E-state index is -0.338. The average Bonchev–Trinajstić information content (AvgIpc) is 2.63. The zero-order valence-electron chi connectivity index (χ0n) is 14.9. The number of guanidine groups is 1. The Hall–Kier alpha value is -2.28. The van der Waals surface area contributed by atoms with Crippen molar-refractivity contribution in [2.75, 3.05) is 32.8 Å². The van der Waals surface area contributed by atoms with Gasteiger partial charge in [0.05, 0.1) is 19.8 Å². The lowest BCUT2D eigenvalue weighted by Gasteiger charge is -2.32. The van der Waals surface area contributed by atoms with Gasteiger partial charge < -0.3 is 26.0 Å². The Kier molecular flexibility index (Phi) is 8.04. The first kappa shape index (κ1) is 19.1. The number of benzene rings is 1. The third kappa shape index (κ3) is 7.01. The van der Waals surface area contributed by atoms with Gasteiger partial charge in [-0.1, -0.05) is 30.3 Å². The van der Waals surface area contributed by atoms with E-state index in [-0.39, 0.29) is 6.03 Å². The van der Waals surface area contributed by atoms with Crippen molar-refractivity contribution >= 4 is 12.0 Å². The largest absolute Gasteiger partial charge is 0.375 e. The highest BCUT2D eigenvalue weighted by atomic mass is 16.5. The molecule has 0 bridgehead atoms. The molecule has 1 heterocycles. The molecule has 0 saturated carbocycles. The summed E-state index contributed by atoms with van der Waals surface area (Å²) in [5.41, 5.74) is 6.48. The van der Waals surface area contributed by atoms with Gasteiger partial charge in [0.15, 0.2) is 5.96 Å². The quantitative estimate of drug-likeness (QED) is 0.394. The third-order valence-corrected chi connectivity index (χ3v) is 4.11. The lowest BCUT2D eigenvalue weighted by molar-refractivity contribution is 0.128. The van der Waals surface area contributed by atoms with Crippen molar-refractivity contribution in [1.82, 2.24) is 15.5 Å². The number of primary amides is 1. The van der Waals surface area contributed by atoms with Crippen molar-refractivity contribution in [3.05, 3.63) is 35.9 Å². The van der Waals surface area contributed by atoms with Gasteiger partial charge in [-0.2, -0.15) is 0 Å². The summed E-state index contributed by atoms with van der Waals surface area (Å²) in [5, 5.41) is 6.68. The van der Waals surface area contributed by atoms with E-state index in [9.17, 15) is 4.79 Å². The lowest BCUT2D eigenvalue weighted by Crippen LogP contribution is -2.50. The molecule has 25 heavy (non-hydrogen) atoms. The normalized spacial score (nSPS) is 15.9. The molecule has 7 nitrogen and oxygen atoms in total. The number of hydrogen-bond acceptors (Lipinski definition) is 3. The fraction of sp³-hybridized carbons (Fsp3) is 0.556. The summed E-state index contributed by atoms with van der Waals surface area (Å²) in [5.74, 6) is 0.795. The minimum absolute atomic E-state index is 0.304. The van der Waals surface area contributed by atoms with Crippen LogP contribution in [0.2, 0.25) is 0 Å². The maximum absolute atomic E-state index is 11.2. The molecule has 1 aromatic rings. The summed E-state index contributed by atoms with van der Waals surface area (Å²) in [4.78, 5) is 17.4. The average molecular weight is 347 g/mol. The molecule has 0 radical (unpaired) electrons. The number of nitrogens with two attached hydrogens (primary N) is 1. The topological polar surface area (TPSA) is 92.0 Å². The van der Waals surface area contributed by atoms with Crippen LogP contribution in [0.3, 0.4) is 0 Å². The summed E-state index contributed by atoms with van der Waals surface area (Å²) >= 11 is 0. The molecule has 138 valence electrons. The van der Waals surface area contributed by atoms with E-state index < -0.39 is 0 Å². The molecule has 1 fully saturated rings. The van der Waals surface area contributed by atoms with Gasteiger partial charge in [0.2, 0.25) is 0 Å². The molecular formula is C18H29N5O2. The zero-order valence-corrected chi connectivity index (χ0v) is 14.9. The van der Waals surface area contributed by atoms with Gasteiger partial charge in [0.1, 0.15) is 0 Å². The number of nitrogens with zero attached hydrogens (tertiary/aromatic N) is 2. The first-order valence-electron chi connectivity index (χ1n) is 8.90. The Morgan fingerprint density at radius 3 is 2.68 bits per heavy atom. The number of aliphatic imine (C=N–C) groups is 1. The molecule has 0 aliphatic carbocycles. The molecule has 4 N–H and O–H groups in total. The second kappa shape index (κ2) is 10.6. The van der Waals surface area contributed by atoms with Crippen LogP contribution in [0.15, 0.2) is 35.3 Å². The number of carbonyl (C=O) groups excluding carboxylic acids is 1. The molecular weight excluding hydrogens is 318 g/mol. The number of ether oxygens (including phenoxy) is 1. The second-order valence-electron chi connectivity index (χ2n) is 6.04. The number of nitrogens with one attached hydrogen (secondary N) is 2. The van der Waals surface area contributed by atoms with Crippen molar-refractivity contribution in [3.8, 4) is 0 Å². The fourth-order valence-electron chi connectivity index (χ4n) is 2.74. The van der Waals surface area contributed by atoms with Crippen molar-refractivity contribution in [3.63, 3.8) is 0 Å². The summed E-state index contributed by atoms with van der Waals surface area (Å²) < 4.78 is 5.66. The molecule has 1 aromatic carbocycles. The summed E-state index contributed by atoms with van der Waals surface area (Å²) in [6.07, 6.45) is 1.75. The Labute approximate surface area is 149 Å². The molecule has 1 saturated heterocycles. The molecule has 1 aliphatic rings. The van der Waals surface area contributed by atoms with E-state index in [1.165, 1.54) is 0 Å². The summed E-state index contributed by atoms with van der Waals surface area (Å²) in [6.45, 7) is 5.99. The van der Waals surface area contributed by atoms with E-state index in [1.807, 2.05) is 37.3 Å². The molecule has 1 aliphatic heterocycles. The Morgan fingerprint density at radius 2 is 2.04 bits per heavy atom. The first-order valence-corrected chi connectivity index (χ1v) is 8.90. The van der Waals surface area contributed by atoms with Gasteiger partial charge in [0.25, 0.3) is 0 Å². The SMILES string of the molecule is CCNC(=NCCOCc1ccccc1)NC1CCN(C(N)=O)CC1. The Bertz CT molecular complexity index is 542. The van der Waals surface area contributed by atoms with E-state index in [2.05, 4.69) is 15.6 Å². The van der Waals surface area contributed by atoms with Gasteiger partial charge in [0, 0.05) is 25.7 Å². The summed E-state index contributed by atoms with van der Waals surface area (Å²) in [7, 11) is 0. The van der Waals surface area contributed by atoms with E-state index in [0.717, 1.165) is 30.9 Å². The molecule has 0 aromatic heterocycles. The van der Waals surface area contributed by atoms with Crippen LogP contribution in [0.4, 0.5) is 4.79 Å². The highest BCUT2D eigenvalue weighted by Gasteiger charge is 2.21. The highest BCUT2D eigenvalue weighted by molar-refractivity contribution is 5.80. The van der Waals surface area contributed by atoms with Crippen LogP contribution in [0.25, 0.3) is 0 Å². The van der Waals surface area contributed by atoms with Crippen LogP contribution in [0.1, 0.15) is 25.3 Å². The van der Waals surface area contributed by atoms with Crippen LogP contribution in [0, 0.1) is 0 Å². The van der Waals surface area contributed by atoms with Gasteiger partial charge in [-0.25, -0.2) is 4.79 Å². The minimum Gasteiger partial charge on any atom is -0.375 e. The predicted molar refractivity (Wildman–Crippen MR) is 99.4 cm³/mol. The van der Waals surface area contributed by atoms with E-state index >= 15 is 0 Å². The van der Waals surface area contributed by atoms with E-state index in [4.69, 9.17) is 10.5 Å². The van der Waals surface area contributed by atoms with Crippen LogP contribution < -0.4 is 16.4 Å². The number of urea groups is 1. The van der Waals surface area contributed by atoms with Gasteiger partial charge in [-0.3, -0.25) is 4.99 Å². The van der Waals surface area contributed by atoms with Crippen LogP contribution in [-0.4, -0.2) is 55.7 Å². The molecule has 7 heteroatoms. The monoisotopic (exact) mass is 347 g/mol. The summed E-state index contributed by atoms with van der Waals surface area (Å²) in [6, 6.07) is 10.1. The van der Waals surface area contributed by atoms with Crippen molar-refractivity contribution in [2.24, 2.45) is 10.7 Å². The predicted octanol–water partition coefficient (Wildman–Crippen LogP) is 1.30. The third-order valence-electron chi connectivity index (χ3n) is 4.11. The number of piperidine rings is 1. The second-order valence-corrected chi connectivity index (χ2v) is 6.04. The van der Waals surface area contributed by atoms with Crippen molar-refractivity contribution < 1.29 is 9.53 Å². The standard InChI is InChI=1S/C18H29N5O2/c1-2-20-18(22-16-8-11-23(12-9-16)17(19)24)21-10-13-25-14-15-6-4-3-5-7-15/h3-7,16H,2,8-14H2,1H3,(H2,19,24)(H2,20,21,22). The number of rotatable bonds is 7. The molecule has 0 atom stereocenters. The smallest absolute Gasteiger partial charge is 0.314 e. The van der Waals surface area contributed by atoms with Crippen LogP contribution in [-0.2, 0) is 11.3 Å². The number of likely N-dealkylation sites (tertiary alicyclic amines) is 1. The molecule has 2 rings (SSSR count). The zero-order chi connectivity index (χ0) is 17.9. The highest BCUT2D eigenvalue weighted by Crippen LogP contribution is 2.09. The molecule has 0 unspecified atom stereocenters. The molecule has 0 spiro atoms. The Morgan fingerprint density at radius 1 is 1.32 bits per heavy atom. The van der Waals surface area contributed by atoms with E-state index in [0.29, 0.717) is 38.9 Å². The fourth-order valence-corrected chi connectivity index (χ4v) is 2.74. The molecule has 2 amide bonds. The van der Waals surface area contributed by atoms with Crippen LogP contribution in [0.5, 0.6) is 0 Å². The number of carbonyl (C=O) groups is 1. The maximum atomic E-state index is 11.2. The Balaban J connectivity index is 1.70. The first-order chi connectivity index (χ1) is 12.2. The van der Waals surface area contributed by atoms with E-state index in [1.54, 1.807) is 4.90 Å².